The summed E-state index contributed by atoms with van der Waals surface area (Å²) in [5.41, 5.74) is 10.1. The van der Waals surface area contributed by atoms with Crippen molar-refractivity contribution < 1.29 is 4.39 Å². The molecular formula is C16H17ClFN. The third-order valence-electron chi connectivity index (χ3n) is 3.43. The van der Waals surface area contributed by atoms with Crippen LogP contribution in [0.2, 0.25) is 5.02 Å². The molecule has 2 aromatic rings. The molecular weight excluding hydrogens is 261 g/mol. The number of halogens is 2. The van der Waals surface area contributed by atoms with Gasteiger partial charge in [-0.3, -0.25) is 0 Å². The van der Waals surface area contributed by atoms with Gasteiger partial charge in [0, 0.05) is 6.04 Å². The third kappa shape index (κ3) is 3.14. The lowest BCUT2D eigenvalue weighted by molar-refractivity contribution is 0.593. The second-order valence-electron chi connectivity index (χ2n) is 4.87. The maximum Gasteiger partial charge on any atom is 0.145 e. The van der Waals surface area contributed by atoms with Gasteiger partial charge in [-0.2, -0.15) is 0 Å². The minimum atomic E-state index is -0.372. The first kappa shape index (κ1) is 14.0. The fourth-order valence-corrected chi connectivity index (χ4v) is 2.25. The Hall–Kier alpha value is -1.38. The van der Waals surface area contributed by atoms with Crippen molar-refractivity contribution in [3.63, 3.8) is 0 Å². The lowest BCUT2D eigenvalue weighted by Gasteiger charge is -2.14. The van der Waals surface area contributed by atoms with Crippen molar-refractivity contribution >= 4 is 11.6 Å². The van der Waals surface area contributed by atoms with E-state index in [1.165, 1.54) is 11.1 Å². The molecule has 0 fully saturated rings. The Labute approximate surface area is 118 Å². The van der Waals surface area contributed by atoms with Crippen LogP contribution in [0.5, 0.6) is 0 Å². The summed E-state index contributed by atoms with van der Waals surface area (Å²) in [5.74, 6) is -0.372. The highest BCUT2D eigenvalue weighted by molar-refractivity contribution is 6.30. The molecule has 0 radical (unpaired) electrons. The standard InChI is InChI=1S/C16H17ClFN/c1-10-6-7-12(8-11(10)2)15(19)9-13-4-3-5-14(17)16(13)18/h3-8,15H,9,19H2,1-2H3. The van der Waals surface area contributed by atoms with Gasteiger partial charge in [-0.05, 0) is 48.6 Å². The normalized spacial score (nSPS) is 12.5. The van der Waals surface area contributed by atoms with E-state index in [4.69, 9.17) is 17.3 Å². The molecule has 1 nitrogen and oxygen atoms in total. The summed E-state index contributed by atoms with van der Waals surface area (Å²) >= 11 is 5.77. The van der Waals surface area contributed by atoms with E-state index in [0.29, 0.717) is 12.0 Å². The summed E-state index contributed by atoms with van der Waals surface area (Å²) in [6.07, 6.45) is 0.439. The summed E-state index contributed by atoms with van der Waals surface area (Å²) < 4.78 is 13.8. The van der Waals surface area contributed by atoms with Gasteiger partial charge in [-0.25, -0.2) is 4.39 Å². The number of hydrogen-bond donors (Lipinski definition) is 1. The Morgan fingerprint density at radius 3 is 2.58 bits per heavy atom. The molecule has 0 aliphatic carbocycles. The first-order valence-corrected chi connectivity index (χ1v) is 6.62. The lowest BCUT2D eigenvalue weighted by Crippen LogP contribution is -2.14. The number of benzene rings is 2. The molecule has 2 rings (SSSR count). The SMILES string of the molecule is Cc1ccc(C(N)Cc2cccc(Cl)c2F)cc1C. The molecule has 0 saturated carbocycles. The molecule has 0 aliphatic heterocycles. The quantitative estimate of drug-likeness (QED) is 0.887. The maximum absolute atomic E-state index is 13.8. The Morgan fingerprint density at radius 1 is 1.16 bits per heavy atom. The zero-order valence-corrected chi connectivity index (χ0v) is 11.8. The van der Waals surface area contributed by atoms with Crippen molar-refractivity contribution in [2.24, 2.45) is 5.73 Å². The average Bonchev–Trinajstić information content (AvgIpc) is 2.38. The van der Waals surface area contributed by atoms with Crippen molar-refractivity contribution in [3.05, 3.63) is 69.5 Å². The predicted molar refractivity (Wildman–Crippen MR) is 78.0 cm³/mol. The molecule has 0 saturated heterocycles. The van der Waals surface area contributed by atoms with E-state index in [1.807, 2.05) is 19.1 Å². The largest absolute Gasteiger partial charge is 0.324 e. The first-order valence-electron chi connectivity index (χ1n) is 6.24. The van der Waals surface area contributed by atoms with E-state index in [2.05, 4.69) is 13.0 Å². The van der Waals surface area contributed by atoms with Crippen LogP contribution in [-0.4, -0.2) is 0 Å². The van der Waals surface area contributed by atoms with Crippen molar-refractivity contribution in [1.29, 1.82) is 0 Å². The summed E-state index contributed by atoms with van der Waals surface area (Å²) in [7, 11) is 0. The zero-order chi connectivity index (χ0) is 14.0. The van der Waals surface area contributed by atoms with Crippen molar-refractivity contribution in [3.8, 4) is 0 Å². The van der Waals surface area contributed by atoms with Gasteiger partial charge < -0.3 is 5.73 Å². The third-order valence-corrected chi connectivity index (χ3v) is 3.72. The van der Waals surface area contributed by atoms with E-state index >= 15 is 0 Å². The number of rotatable bonds is 3. The summed E-state index contributed by atoms with van der Waals surface area (Å²) in [4.78, 5) is 0. The topological polar surface area (TPSA) is 26.0 Å². The summed E-state index contributed by atoms with van der Waals surface area (Å²) in [6.45, 7) is 4.10. The van der Waals surface area contributed by atoms with E-state index in [0.717, 1.165) is 5.56 Å². The van der Waals surface area contributed by atoms with Crippen LogP contribution in [0.1, 0.15) is 28.3 Å². The molecule has 0 aromatic heterocycles. The van der Waals surface area contributed by atoms with Crippen LogP contribution in [0, 0.1) is 19.7 Å². The highest BCUT2D eigenvalue weighted by atomic mass is 35.5. The fraction of sp³-hybridized carbons (Fsp3) is 0.250. The van der Waals surface area contributed by atoms with Gasteiger partial charge in [0.2, 0.25) is 0 Å². The molecule has 2 aromatic carbocycles. The molecule has 0 amide bonds. The van der Waals surface area contributed by atoms with Crippen LogP contribution in [0.4, 0.5) is 4.39 Å². The second kappa shape index (κ2) is 5.72. The second-order valence-corrected chi connectivity index (χ2v) is 5.27. The molecule has 0 aliphatic rings. The van der Waals surface area contributed by atoms with Gasteiger partial charge in [-0.15, -0.1) is 0 Å². The highest BCUT2D eigenvalue weighted by Gasteiger charge is 2.12. The number of aryl methyl sites for hydroxylation is 2. The van der Waals surface area contributed by atoms with Crippen LogP contribution in [0.25, 0.3) is 0 Å². The first-order chi connectivity index (χ1) is 8.99. The molecule has 0 heterocycles. The van der Waals surface area contributed by atoms with Gasteiger partial charge in [0.25, 0.3) is 0 Å². The van der Waals surface area contributed by atoms with E-state index < -0.39 is 0 Å². The smallest absolute Gasteiger partial charge is 0.145 e. The Kier molecular flexibility index (Phi) is 4.23. The summed E-state index contributed by atoms with van der Waals surface area (Å²) in [6, 6.07) is 10.9. The molecule has 3 heteroatoms. The highest BCUT2D eigenvalue weighted by Crippen LogP contribution is 2.23. The minimum Gasteiger partial charge on any atom is -0.324 e. The van der Waals surface area contributed by atoms with Crippen molar-refractivity contribution in [1.82, 2.24) is 0 Å². The van der Waals surface area contributed by atoms with Gasteiger partial charge in [0.15, 0.2) is 0 Å². The van der Waals surface area contributed by atoms with Gasteiger partial charge >= 0.3 is 0 Å². The van der Waals surface area contributed by atoms with E-state index in [9.17, 15) is 4.39 Å². The fourth-order valence-electron chi connectivity index (χ4n) is 2.06. The zero-order valence-electron chi connectivity index (χ0n) is 11.1. The maximum atomic E-state index is 13.8. The van der Waals surface area contributed by atoms with Gasteiger partial charge in [0.1, 0.15) is 5.82 Å². The molecule has 2 N–H and O–H groups in total. The Morgan fingerprint density at radius 2 is 1.89 bits per heavy atom. The number of nitrogens with two attached hydrogens (primary N) is 1. The Balaban J connectivity index is 2.23. The number of hydrogen-bond acceptors (Lipinski definition) is 1. The van der Waals surface area contributed by atoms with Crippen LogP contribution in [0.15, 0.2) is 36.4 Å². The molecule has 1 unspecified atom stereocenters. The molecule has 1 atom stereocenters. The van der Waals surface area contributed by atoms with Crippen molar-refractivity contribution in [2.45, 2.75) is 26.3 Å². The molecule has 0 spiro atoms. The Bertz CT molecular complexity index is 595. The molecule has 0 bridgehead atoms. The van der Waals surface area contributed by atoms with Crippen LogP contribution < -0.4 is 5.73 Å². The van der Waals surface area contributed by atoms with Crippen LogP contribution >= 0.6 is 11.6 Å². The molecule has 19 heavy (non-hydrogen) atoms. The summed E-state index contributed by atoms with van der Waals surface area (Å²) in [5, 5.41) is 0.143. The monoisotopic (exact) mass is 277 g/mol. The van der Waals surface area contributed by atoms with Gasteiger partial charge in [-0.1, -0.05) is 41.9 Å². The predicted octanol–water partition coefficient (Wildman–Crippen LogP) is 4.34. The van der Waals surface area contributed by atoms with Crippen LogP contribution in [-0.2, 0) is 6.42 Å². The van der Waals surface area contributed by atoms with E-state index in [-0.39, 0.29) is 16.9 Å². The minimum absolute atomic E-state index is 0.143. The average molecular weight is 278 g/mol. The van der Waals surface area contributed by atoms with Crippen LogP contribution in [0.3, 0.4) is 0 Å². The van der Waals surface area contributed by atoms with Gasteiger partial charge in [0.05, 0.1) is 5.02 Å². The molecule has 100 valence electrons. The van der Waals surface area contributed by atoms with Crippen molar-refractivity contribution in [2.75, 3.05) is 0 Å². The lowest BCUT2D eigenvalue weighted by atomic mass is 9.96. The van der Waals surface area contributed by atoms with E-state index in [1.54, 1.807) is 18.2 Å².